The average Bonchev–Trinajstić information content (AvgIpc) is 3.35. The Morgan fingerprint density at radius 1 is 1.32 bits per heavy atom. The first kappa shape index (κ1) is 16.5. The molecule has 1 amide bonds. The zero-order valence-corrected chi connectivity index (χ0v) is 14.2. The number of nitrogens with one attached hydrogen (secondary N) is 1. The number of nitrogens with zero attached hydrogens (tertiary/aromatic N) is 3. The van der Waals surface area contributed by atoms with Crippen molar-refractivity contribution < 1.29 is 14.6 Å². The van der Waals surface area contributed by atoms with Crippen molar-refractivity contribution in [2.75, 3.05) is 32.9 Å². The highest BCUT2D eigenvalue weighted by Gasteiger charge is 2.35. The number of imidazole rings is 1. The number of amides is 1. The number of carbonyl (C=O) groups is 1. The van der Waals surface area contributed by atoms with Gasteiger partial charge in [0.25, 0.3) is 5.91 Å². The Balaban J connectivity index is 1.47. The van der Waals surface area contributed by atoms with Gasteiger partial charge >= 0.3 is 0 Å². The summed E-state index contributed by atoms with van der Waals surface area (Å²) in [6, 6.07) is 5.82. The summed E-state index contributed by atoms with van der Waals surface area (Å²) in [6.07, 6.45) is 4.14. The molecule has 1 aromatic heterocycles. The summed E-state index contributed by atoms with van der Waals surface area (Å²) >= 11 is 0. The van der Waals surface area contributed by atoms with E-state index >= 15 is 0 Å². The molecule has 4 rings (SSSR count). The van der Waals surface area contributed by atoms with Crippen molar-refractivity contribution in [1.29, 1.82) is 0 Å². The third kappa shape index (κ3) is 3.27. The molecule has 2 aliphatic rings. The molecule has 3 heterocycles. The molecule has 7 nitrogen and oxygen atoms in total. The van der Waals surface area contributed by atoms with Crippen molar-refractivity contribution in [3.05, 3.63) is 30.1 Å². The number of fused-ring (bicyclic) bond motifs is 1. The van der Waals surface area contributed by atoms with E-state index < -0.39 is 0 Å². The first-order valence-electron chi connectivity index (χ1n) is 8.94. The van der Waals surface area contributed by atoms with E-state index in [9.17, 15) is 4.79 Å². The molecule has 0 unspecified atom stereocenters. The van der Waals surface area contributed by atoms with Crippen LogP contribution in [0.2, 0.25) is 0 Å². The van der Waals surface area contributed by atoms with Crippen LogP contribution < -0.4 is 5.32 Å². The predicted octanol–water partition coefficient (Wildman–Crippen LogP) is 0.622. The van der Waals surface area contributed by atoms with Crippen LogP contribution in [0, 0.1) is 0 Å². The Kier molecular flexibility index (Phi) is 4.70. The van der Waals surface area contributed by atoms with Crippen LogP contribution in [0.25, 0.3) is 11.0 Å². The summed E-state index contributed by atoms with van der Waals surface area (Å²) in [5.41, 5.74) is 2.29. The number of aromatic nitrogens is 2. The van der Waals surface area contributed by atoms with E-state index in [2.05, 4.69) is 15.2 Å². The van der Waals surface area contributed by atoms with Gasteiger partial charge in [-0.15, -0.1) is 0 Å². The topological polar surface area (TPSA) is 79.6 Å². The normalized spacial score (nSPS) is 24.2. The van der Waals surface area contributed by atoms with Crippen LogP contribution >= 0.6 is 0 Å². The fourth-order valence-corrected chi connectivity index (χ4v) is 3.86. The van der Waals surface area contributed by atoms with Crippen molar-refractivity contribution in [2.24, 2.45) is 0 Å². The maximum Gasteiger partial charge on any atom is 0.251 e. The quantitative estimate of drug-likeness (QED) is 0.831. The van der Waals surface area contributed by atoms with Crippen LogP contribution in [-0.4, -0.2) is 70.5 Å². The third-order valence-electron chi connectivity index (χ3n) is 5.20. The third-order valence-corrected chi connectivity index (χ3v) is 5.20. The zero-order valence-electron chi connectivity index (χ0n) is 14.2. The van der Waals surface area contributed by atoms with E-state index in [-0.39, 0.29) is 24.6 Å². The maximum atomic E-state index is 12.7. The second-order valence-electron chi connectivity index (χ2n) is 6.79. The molecule has 0 saturated carbocycles. The van der Waals surface area contributed by atoms with Crippen LogP contribution in [0.3, 0.4) is 0 Å². The largest absolute Gasteiger partial charge is 0.395 e. The molecule has 2 N–H and O–H groups in total. The fourth-order valence-electron chi connectivity index (χ4n) is 3.86. The molecule has 0 spiro atoms. The van der Waals surface area contributed by atoms with Gasteiger partial charge in [-0.3, -0.25) is 9.69 Å². The number of rotatable bonds is 5. The van der Waals surface area contributed by atoms with E-state index in [0.29, 0.717) is 25.3 Å². The van der Waals surface area contributed by atoms with Gasteiger partial charge in [-0.05, 0) is 44.1 Å². The van der Waals surface area contributed by atoms with Gasteiger partial charge in [0, 0.05) is 12.1 Å². The number of ether oxygens (including phenoxy) is 1. The molecule has 0 bridgehead atoms. The maximum absolute atomic E-state index is 12.7. The smallest absolute Gasteiger partial charge is 0.251 e. The Labute approximate surface area is 146 Å². The van der Waals surface area contributed by atoms with Gasteiger partial charge in [0.2, 0.25) is 0 Å². The molecular weight excluding hydrogens is 320 g/mol. The molecule has 0 aliphatic carbocycles. The van der Waals surface area contributed by atoms with Gasteiger partial charge in [-0.25, -0.2) is 4.98 Å². The second kappa shape index (κ2) is 7.11. The summed E-state index contributed by atoms with van der Waals surface area (Å²) in [7, 11) is 0. The first-order chi connectivity index (χ1) is 12.3. The van der Waals surface area contributed by atoms with Crippen molar-refractivity contribution in [3.8, 4) is 0 Å². The summed E-state index contributed by atoms with van der Waals surface area (Å²) < 4.78 is 7.50. The van der Waals surface area contributed by atoms with E-state index in [4.69, 9.17) is 9.84 Å². The van der Waals surface area contributed by atoms with Crippen LogP contribution in [0.1, 0.15) is 23.2 Å². The Hall–Kier alpha value is -1.96. The lowest BCUT2D eigenvalue weighted by Gasteiger charge is -2.27. The van der Waals surface area contributed by atoms with Crippen LogP contribution in [0.4, 0.5) is 0 Å². The summed E-state index contributed by atoms with van der Waals surface area (Å²) in [4.78, 5) is 19.4. The molecule has 2 atom stereocenters. The Morgan fingerprint density at radius 2 is 2.16 bits per heavy atom. The number of likely N-dealkylation sites (tertiary alicyclic amines) is 1. The molecular formula is C18H24N4O3. The summed E-state index contributed by atoms with van der Waals surface area (Å²) in [6.45, 7) is 4.01. The number of aliphatic hydroxyl groups excluding tert-OH is 1. The zero-order chi connectivity index (χ0) is 17.2. The molecule has 7 heteroatoms. The van der Waals surface area contributed by atoms with Crippen molar-refractivity contribution in [1.82, 2.24) is 19.8 Å². The number of benzene rings is 1. The highest BCUT2D eigenvalue weighted by Crippen LogP contribution is 2.20. The van der Waals surface area contributed by atoms with E-state index in [1.807, 2.05) is 16.7 Å². The molecule has 0 radical (unpaired) electrons. The SMILES string of the molecule is O=C(N[C@@H]1COC[C@H]1N1CCCC1)c1ccc2c(c1)ncn2CCO. The van der Waals surface area contributed by atoms with Gasteiger partial charge in [0.05, 0.1) is 49.3 Å². The van der Waals surface area contributed by atoms with Gasteiger partial charge in [-0.2, -0.15) is 0 Å². The standard InChI is InChI=1S/C18H24N4O3/c23-8-7-22-12-19-14-9-13(3-4-16(14)22)18(24)20-15-10-25-11-17(15)21-5-1-2-6-21/h3-4,9,12,15,17,23H,1-2,5-8,10-11H2,(H,20,24)/t15-,17-/m1/s1. The molecule has 2 saturated heterocycles. The number of hydrogen-bond donors (Lipinski definition) is 2. The Bertz CT molecular complexity index is 754. The molecule has 25 heavy (non-hydrogen) atoms. The minimum Gasteiger partial charge on any atom is -0.395 e. The number of aliphatic hydroxyl groups is 1. The Morgan fingerprint density at radius 3 is 2.96 bits per heavy atom. The molecule has 1 aromatic carbocycles. The van der Waals surface area contributed by atoms with Crippen LogP contribution in [0.15, 0.2) is 24.5 Å². The van der Waals surface area contributed by atoms with E-state index in [0.717, 1.165) is 24.1 Å². The highest BCUT2D eigenvalue weighted by molar-refractivity contribution is 5.97. The lowest BCUT2D eigenvalue weighted by molar-refractivity contribution is 0.0916. The molecule has 2 aliphatic heterocycles. The van der Waals surface area contributed by atoms with Crippen molar-refractivity contribution in [3.63, 3.8) is 0 Å². The van der Waals surface area contributed by atoms with E-state index in [1.165, 1.54) is 12.8 Å². The molecule has 2 aromatic rings. The van der Waals surface area contributed by atoms with Crippen molar-refractivity contribution >= 4 is 16.9 Å². The van der Waals surface area contributed by atoms with Gasteiger partial charge in [-0.1, -0.05) is 0 Å². The van der Waals surface area contributed by atoms with Crippen LogP contribution in [-0.2, 0) is 11.3 Å². The lowest BCUT2D eigenvalue weighted by atomic mass is 10.1. The minimum atomic E-state index is -0.0849. The lowest BCUT2D eigenvalue weighted by Crippen LogP contribution is -2.50. The minimum absolute atomic E-state index is 0.0354. The van der Waals surface area contributed by atoms with Crippen molar-refractivity contribution in [2.45, 2.75) is 31.5 Å². The average molecular weight is 344 g/mol. The van der Waals surface area contributed by atoms with Crippen LogP contribution in [0.5, 0.6) is 0 Å². The highest BCUT2D eigenvalue weighted by atomic mass is 16.5. The molecule has 134 valence electrons. The monoisotopic (exact) mass is 344 g/mol. The van der Waals surface area contributed by atoms with Gasteiger partial charge < -0.3 is 19.7 Å². The van der Waals surface area contributed by atoms with Gasteiger partial charge in [0.15, 0.2) is 0 Å². The fraction of sp³-hybridized carbons (Fsp3) is 0.556. The first-order valence-corrected chi connectivity index (χ1v) is 8.94. The predicted molar refractivity (Wildman–Crippen MR) is 93.5 cm³/mol. The summed E-state index contributed by atoms with van der Waals surface area (Å²) in [5.74, 6) is -0.0849. The number of hydrogen-bond acceptors (Lipinski definition) is 5. The molecule has 2 fully saturated rings. The van der Waals surface area contributed by atoms with Gasteiger partial charge in [0.1, 0.15) is 0 Å². The number of carbonyl (C=O) groups excluding carboxylic acids is 1. The van der Waals surface area contributed by atoms with E-state index in [1.54, 1.807) is 12.4 Å². The second-order valence-corrected chi connectivity index (χ2v) is 6.79. The summed E-state index contributed by atoms with van der Waals surface area (Å²) in [5, 5.41) is 12.2.